The number of ether oxygens (including phenoxy) is 4. The van der Waals surface area contributed by atoms with Gasteiger partial charge in [0.2, 0.25) is 11.9 Å². The second kappa shape index (κ2) is 12.6. The lowest BCUT2D eigenvalue weighted by Gasteiger charge is -2.41. The summed E-state index contributed by atoms with van der Waals surface area (Å²) in [6, 6.07) is 0.0220. The summed E-state index contributed by atoms with van der Waals surface area (Å²) in [6.45, 7) is 2.26. The van der Waals surface area contributed by atoms with Crippen LogP contribution in [0.5, 0.6) is 0 Å². The maximum atomic E-state index is 14.2. The fourth-order valence-electron chi connectivity index (χ4n) is 7.49. The first kappa shape index (κ1) is 28.6. The number of rotatable bonds is 8. The Bertz CT molecular complexity index is 823. The van der Waals surface area contributed by atoms with Crippen molar-refractivity contribution in [2.45, 2.75) is 108 Å². The Kier molecular flexibility index (Phi) is 9.75. The van der Waals surface area contributed by atoms with Crippen molar-refractivity contribution in [3.63, 3.8) is 0 Å². The van der Waals surface area contributed by atoms with E-state index in [9.17, 15) is 9.70 Å². The molecule has 0 saturated heterocycles. The first-order valence-corrected chi connectivity index (χ1v) is 14.2. The zero-order valence-electron chi connectivity index (χ0n) is 23.6. The van der Waals surface area contributed by atoms with Crippen LogP contribution in [-0.4, -0.2) is 93.4 Å². The minimum absolute atomic E-state index is 0.00716. The maximum Gasteiger partial charge on any atom is 0.246 e. The molecule has 3 aliphatic carbocycles. The zero-order chi connectivity index (χ0) is 26.7. The van der Waals surface area contributed by atoms with E-state index in [0.717, 1.165) is 61.8 Å². The van der Waals surface area contributed by atoms with E-state index in [2.05, 4.69) is 6.92 Å². The van der Waals surface area contributed by atoms with Crippen LogP contribution in [0, 0.1) is 28.6 Å². The number of hydrogen-bond acceptors (Lipinski definition) is 7. The third-order valence-corrected chi connectivity index (χ3v) is 9.83. The predicted molar refractivity (Wildman–Crippen MR) is 140 cm³/mol. The number of nitrogens with zero attached hydrogens (tertiary/aromatic N) is 3. The molecular weight excluding hydrogens is 474 g/mol. The van der Waals surface area contributed by atoms with Gasteiger partial charge < -0.3 is 18.9 Å². The molecular formula is C28H48N3O6+. The lowest BCUT2D eigenvalue weighted by atomic mass is 9.75. The van der Waals surface area contributed by atoms with Gasteiger partial charge in [-0.3, -0.25) is 4.79 Å². The fourth-order valence-corrected chi connectivity index (χ4v) is 7.49. The molecule has 0 spiro atoms. The Hall–Kier alpha value is -1.42. The summed E-state index contributed by atoms with van der Waals surface area (Å²) in [5, 5.41) is 6.91. The molecule has 1 amide bonds. The molecule has 4 aliphatic rings. The van der Waals surface area contributed by atoms with Gasteiger partial charge >= 0.3 is 0 Å². The van der Waals surface area contributed by atoms with Crippen LogP contribution in [0.2, 0.25) is 0 Å². The number of carbonyl (C=O) groups is 1. The second-order valence-corrected chi connectivity index (χ2v) is 11.9. The minimum Gasteiger partial charge on any atom is -0.381 e. The van der Waals surface area contributed by atoms with E-state index in [1.165, 1.54) is 0 Å². The number of methoxy groups -OCH3 is 4. The van der Waals surface area contributed by atoms with Gasteiger partial charge in [-0.1, -0.05) is 6.92 Å². The Morgan fingerprint density at radius 1 is 0.892 bits per heavy atom. The molecule has 3 fully saturated rings. The Morgan fingerprint density at radius 3 is 2.16 bits per heavy atom. The van der Waals surface area contributed by atoms with Crippen LogP contribution in [0.15, 0.2) is 5.10 Å². The highest BCUT2D eigenvalue weighted by Crippen LogP contribution is 2.41. The van der Waals surface area contributed by atoms with E-state index < -0.39 is 0 Å². The van der Waals surface area contributed by atoms with Crippen LogP contribution in [0.25, 0.3) is 0 Å². The van der Waals surface area contributed by atoms with Crippen LogP contribution < -0.4 is 0 Å². The minimum atomic E-state index is -0.244. The maximum absolute atomic E-state index is 14.2. The molecule has 1 aliphatic heterocycles. The molecule has 0 aromatic rings. The molecule has 9 heteroatoms. The normalized spacial score (nSPS) is 40.9. The van der Waals surface area contributed by atoms with Crippen LogP contribution in [0.4, 0.5) is 0 Å². The SMILES string of the molecule is COC1CC(C2=NN(C(=O)C3CC(OC)C(OC)C(OC)C3)C(C3CCCC([N+](C)=O)C3)C2)CCC1C. The van der Waals surface area contributed by atoms with Gasteiger partial charge in [0.15, 0.2) is 7.05 Å². The standard InChI is InChI=1S/C28H48N3O6/c1-17-10-11-18(13-24(17)34-3)22-16-23(19-8-7-9-21(12-19)30(2)33)31(29-22)28(32)20-14-25(35-4)27(37-6)26(15-20)36-5/h17-21,23-27H,7-16H2,1-6H3/q+1. The zero-order valence-corrected chi connectivity index (χ0v) is 23.6. The van der Waals surface area contributed by atoms with E-state index in [1.807, 2.05) is 5.01 Å². The van der Waals surface area contributed by atoms with Crippen molar-refractivity contribution < 1.29 is 28.5 Å². The molecule has 37 heavy (non-hydrogen) atoms. The van der Waals surface area contributed by atoms with Crippen molar-refractivity contribution in [1.29, 1.82) is 0 Å². The van der Waals surface area contributed by atoms with Crippen molar-refractivity contribution in [2.75, 3.05) is 35.5 Å². The summed E-state index contributed by atoms with van der Waals surface area (Å²) in [5.41, 5.74) is 1.14. The highest BCUT2D eigenvalue weighted by molar-refractivity contribution is 5.92. The number of nitroso groups, excluding NO2 is 1. The van der Waals surface area contributed by atoms with Crippen molar-refractivity contribution in [2.24, 2.45) is 28.8 Å². The van der Waals surface area contributed by atoms with Crippen molar-refractivity contribution in [3.8, 4) is 0 Å². The fraction of sp³-hybridized carbons (Fsp3) is 0.929. The summed E-state index contributed by atoms with van der Waals surface area (Å²) in [6.07, 6.45) is 8.52. The average Bonchev–Trinajstić information content (AvgIpc) is 3.37. The number of amides is 1. The molecule has 0 bridgehead atoms. The van der Waals surface area contributed by atoms with Crippen molar-refractivity contribution in [1.82, 2.24) is 5.01 Å². The van der Waals surface area contributed by atoms with E-state index in [4.69, 9.17) is 24.0 Å². The van der Waals surface area contributed by atoms with Crippen molar-refractivity contribution in [3.05, 3.63) is 4.91 Å². The van der Waals surface area contributed by atoms with Crippen LogP contribution in [-0.2, 0) is 23.7 Å². The topological polar surface area (TPSA) is 89.7 Å². The van der Waals surface area contributed by atoms with Gasteiger partial charge in [0.1, 0.15) is 6.10 Å². The van der Waals surface area contributed by atoms with Gasteiger partial charge in [-0.15, -0.1) is 0 Å². The summed E-state index contributed by atoms with van der Waals surface area (Å²) >= 11 is 0. The molecule has 3 saturated carbocycles. The van der Waals surface area contributed by atoms with Crippen LogP contribution in [0.3, 0.4) is 0 Å². The number of hydrazone groups is 1. The monoisotopic (exact) mass is 522 g/mol. The molecule has 0 radical (unpaired) electrons. The van der Waals surface area contributed by atoms with E-state index in [-0.39, 0.29) is 54.2 Å². The molecule has 8 unspecified atom stereocenters. The lowest BCUT2D eigenvalue weighted by Crippen LogP contribution is -2.52. The second-order valence-electron chi connectivity index (χ2n) is 11.9. The Morgan fingerprint density at radius 2 is 1.57 bits per heavy atom. The van der Waals surface area contributed by atoms with E-state index in [1.54, 1.807) is 35.5 Å². The van der Waals surface area contributed by atoms with E-state index in [0.29, 0.717) is 24.7 Å². The van der Waals surface area contributed by atoms with Gasteiger partial charge in [0.05, 0.1) is 24.4 Å². The Balaban J connectivity index is 1.58. The molecule has 8 atom stereocenters. The van der Waals surface area contributed by atoms with Gasteiger partial charge in [-0.05, 0) is 61.5 Å². The highest BCUT2D eigenvalue weighted by Gasteiger charge is 2.48. The molecule has 210 valence electrons. The molecule has 4 rings (SSSR count). The van der Waals surface area contributed by atoms with Gasteiger partial charge in [-0.2, -0.15) is 5.10 Å². The lowest BCUT2D eigenvalue weighted by molar-refractivity contribution is -0.563. The summed E-state index contributed by atoms with van der Waals surface area (Å²) in [4.78, 5) is 26.3. The molecule has 0 aromatic heterocycles. The Labute approximate surface area is 222 Å². The van der Waals surface area contributed by atoms with Gasteiger partial charge in [-0.25, -0.2) is 5.01 Å². The average molecular weight is 523 g/mol. The number of hydrogen-bond donors (Lipinski definition) is 0. The van der Waals surface area contributed by atoms with Gasteiger partial charge in [0, 0.05) is 70.2 Å². The third kappa shape index (κ3) is 6.10. The summed E-state index contributed by atoms with van der Waals surface area (Å²) in [7, 11) is 8.44. The largest absolute Gasteiger partial charge is 0.381 e. The molecule has 1 heterocycles. The molecule has 0 aromatic carbocycles. The highest BCUT2D eigenvalue weighted by atomic mass is 16.6. The smallest absolute Gasteiger partial charge is 0.246 e. The van der Waals surface area contributed by atoms with Gasteiger partial charge in [0.25, 0.3) is 0 Å². The van der Waals surface area contributed by atoms with Crippen LogP contribution in [0.1, 0.15) is 71.1 Å². The first-order chi connectivity index (χ1) is 17.8. The summed E-state index contributed by atoms with van der Waals surface area (Å²) < 4.78 is 24.1. The molecule has 0 N–H and O–H groups in total. The van der Waals surface area contributed by atoms with E-state index >= 15 is 0 Å². The number of carbonyl (C=O) groups excluding carboxylic acids is 1. The van der Waals surface area contributed by atoms with Crippen LogP contribution >= 0.6 is 0 Å². The predicted octanol–water partition coefficient (Wildman–Crippen LogP) is 3.82. The van der Waals surface area contributed by atoms with Crippen molar-refractivity contribution >= 4 is 11.6 Å². The first-order valence-electron chi connectivity index (χ1n) is 14.2. The quantitative estimate of drug-likeness (QED) is 0.450. The molecule has 9 nitrogen and oxygen atoms in total. The summed E-state index contributed by atoms with van der Waals surface area (Å²) in [5.74, 6) is 0.963. The third-order valence-electron chi connectivity index (χ3n) is 9.83.